The van der Waals surface area contributed by atoms with Crippen LogP contribution in [0.4, 0.5) is 11.4 Å². The molecule has 0 aliphatic rings. The largest absolute Gasteiger partial charge is 0.495 e. The second-order valence-corrected chi connectivity index (χ2v) is 6.96. The number of rotatable bonds is 6. The molecule has 0 fully saturated rings. The highest BCUT2D eigenvalue weighted by molar-refractivity contribution is 5.94. The predicted molar refractivity (Wildman–Crippen MR) is 111 cm³/mol. The van der Waals surface area contributed by atoms with Crippen LogP contribution >= 0.6 is 0 Å². The van der Waals surface area contributed by atoms with Crippen molar-refractivity contribution in [3.05, 3.63) is 46.9 Å². The Hall–Kier alpha value is -3.42. The molecular weight excluding hydrogens is 370 g/mol. The smallest absolute Gasteiger partial charge is 0.224 e. The SMILES string of the molecule is COc1ccc(NC(=O)CCc2c(C)nc3cc(C)nn3c2C)cc1NC(C)=O. The van der Waals surface area contributed by atoms with E-state index in [-0.39, 0.29) is 11.8 Å². The summed E-state index contributed by atoms with van der Waals surface area (Å²) >= 11 is 0. The zero-order valence-corrected chi connectivity index (χ0v) is 17.3. The Balaban J connectivity index is 1.72. The van der Waals surface area contributed by atoms with Gasteiger partial charge >= 0.3 is 0 Å². The number of ether oxygens (including phenoxy) is 1. The van der Waals surface area contributed by atoms with Crippen molar-refractivity contribution in [1.82, 2.24) is 14.6 Å². The van der Waals surface area contributed by atoms with Crippen LogP contribution in [0, 0.1) is 20.8 Å². The lowest BCUT2D eigenvalue weighted by Crippen LogP contribution is -2.15. The van der Waals surface area contributed by atoms with Crippen molar-refractivity contribution >= 4 is 28.8 Å². The van der Waals surface area contributed by atoms with Crippen LogP contribution in [0.3, 0.4) is 0 Å². The monoisotopic (exact) mass is 395 g/mol. The normalized spacial score (nSPS) is 10.8. The Bertz CT molecular complexity index is 1090. The van der Waals surface area contributed by atoms with Crippen molar-refractivity contribution < 1.29 is 14.3 Å². The highest BCUT2D eigenvalue weighted by atomic mass is 16.5. The molecule has 8 nitrogen and oxygen atoms in total. The van der Waals surface area contributed by atoms with Crippen LogP contribution in [0.5, 0.6) is 5.75 Å². The molecule has 0 aliphatic carbocycles. The molecule has 3 aromatic rings. The Morgan fingerprint density at radius 3 is 2.59 bits per heavy atom. The average Bonchev–Trinajstić information content (AvgIpc) is 3.01. The number of carbonyl (C=O) groups is 2. The molecule has 2 N–H and O–H groups in total. The number of carbonyl (C=O) groups excluding carboxylic acids is 2. The number of aromatic nitrogens is 3. The lowest BCUT2D eigenvalue weighted by Gasteiger charge is -2.13. The fourth-order valence-electron chi connectivity index (χ4n) is 3.34. The molecule has 0 aliphatic heterocycles. The molecule has 0 saturated carbocycles. The minimum absolute atomic E-state index is 0.125. The molecule has 2 amide bonds. The predicted octanol–water partition coefficient (Wildman–Crippen LogP) is 3.19. The van der Waals surface area contributed by atoms with Gasteiger partial charge < -0.3 is 15.4 Å². The van der Waals surface area contributed by atoms with Gasteiger partial charge in [-0.2, -0.15) is 5.10 Å². The molecule has 0 saturated heterocycles. The first-order valence-electron chi connectivity index (χ1n) is 9.36. The number of nitrogens with zero attached hydrogens (tertiary/aromatic N) is 3. The average molecular weight is 395 g/mol. The summed E-state index contributed by atoms with van der Waals surface area (Å²) in [5.41, 5.74) is 5.73. The minimum Gasteiger partial charge on any atom is -0.495 e. The molecule has 0 unspecified atom stereocenters. The minimum atomic E-state index is -0.213. The van der Waals surface area contributed by atoms with Crippen LogP contribution in [0.25, 0.3) is 5.65 Å². The molecule has 0 atom stereocenters. The van der Waals surface area contributed by atoms with E-state index >= 15 is 0 Å². The van der Waals surface area contributed by atoms with Crippen LogP contribution in [0.15, 0.2) is 24.3 Å². The Morgan fingerprint density at radius 1 is 1.14 bits per heavy atom. The van der Waals surface area contributed by atoms with Crippen molar-refractivity contribution in [1.29, 1.82) is 0 Å². The first-order valence-corrected chi connectivity index (χ1v) is 9.36. The van der Waals surface area contributed by atoms with Crippen molar-refractivity contribution in [3.63, 3.8) is 0 Å². The van der Waals surface area contributed by atoms with Gasteiger partial charge in [0.15, 0.2) is 5.65 Å². The number of fused-ring (bicyclic) bond motifs is 1. The number of hydrogen-bond acceptors (Lipinski definition) is 5. The lowest BCUT2D eigenvalue weighted by molar-refractivity contribution is -0.116. The second-order valence-electron chi connectivity index (χ2n) is 6.96. The maximum atomic E-state index is 12.5. The molecule has 0 radical (unpaired) electrons. The number of anilines is 2. The molecule has 2 heterocycles. The van der Waals surface area contributed by atoms with Gasteiger partial charge in [0.1, 0.15) is 5.75 Å². The zero-order valence-electron chi connectivity index (χ0n) is 17.3. The molecular formula is C21H25N5O3. The van der Waals surface area contributed by atoms with E-state index in [2.05, 4.69) is 20.7 Å². The van der Waals surface area contributed by atoms with Gasteiger partial charge in [-0.3, -0.25) is 9.59 Å². The second kappa shape index (κ2) is 8.30. The third-order valence-electron chi connectivity index (χ3n) is 4.68. The van der Waals surface area contributed by atoms with Crippen LogP contribution < -0.4 is 15.4 Å². The summed E-state index contributed by atoms with van der Waals surface area (Å²) in [5.74, 6) is 0.187. The lowest BCUT2D eigenvalue weighted by atomic mass is 10.1. The quantitative estimate of drug-likeness (QED) is 0.668. The number of amides is 2. The molecule has 2 aromatic heterocycles. The third-order valence-corrected chi connectivity index (χ3v) is 4.68. The molecule has 152 valence electrons. The Kier molecular flexibility index (Phi) is 5.81. The van der Waals surface area contributed by atoms with Gasteiger partial charge in [-0.15, -0.1) is 0 Å². The third kappa shape index (κ3) is 4.53. The number of hydrogen-bond donors (Lipinski definition) is 2. The van der Waals surface area contributed by atoms with E-state index in [1.165, 1.54) is 14.0 Å². The maximum absolute atomic E-state index is 12.5. The van der Waals surface area contributed by atoms with Gasteiger partial charge in [0.2, 0.25) is 11.8 Å². The molecule has 1 aromatic carbocycles. The fraction of sp³-hybridized carbons (Fsp3) is 0.333. The van der Waals surface area contributed by atoms with E-state index in [9.17, 15) is 9.59 Å². The van der Waals surface area contributed by atoms with Gasteiger partial charge in [0.05, 0.1) is 18.5 Å². The molecule has 29 heavy (non-hydrogen) atoms. The Morgan fingerprint density at radius 2 is 1.90 bits per heavy atom. The van der Waals surface area contributed by atoms with E-state index < -0.39 is 0 Å². The number of nitrogens with one attached hydrogen (secondary N) is 2. The van der Waals surface area contributed by atoms with Gasteiger partial charge in [-0.25, -0.2) is 9.50 Å². The molecule has 3 rings (SSSR count). The van der Waals surface area contributed by atoms with Crippen molar-refractivity contribution in [2.75, 3.05) is 17.7 Å². The van der Waals surface area contributed by atoms with E-state index in [1.807, 2.05) is 31.4 Å². The molecule has 0 spiro atoms. The van der Waals surface area contributed by atoms with E-state index in [0.717, 1.165) is 28.3 Å². The van der Waals surface area contributed by atoms with Crippen LogP contribution in [0.2, 0.25) is 0 Å². The summed E-state index contributed by atoms with van der Waals surface area (Å²) < 4.78 is 7.05. The van der Waals surface area contributed by atoms with Crippen LogP contribution in [0.1, 0.15) is 36.0 Å². The first kappa shape index (κ1) is 20.3. The van der Waals surface area contributed by atoms with E-state index in [0.29, 0.717) is 30.0 Å². The van der Waals surface area contributed by atoms with Gasteiger partial charge in [-0.05, 0) is 51.0 Å². The van der Waals surface area contributed by atoms with E-state index in [4.69, 9.17) is 4.74 Å². The van der Waals surface area contributed by atoms with Gasteiger partial charge in [0, 0.05) is 36.5 Å². The number of aryl methyl sites for hydroxylation is 3. The standard InChI is InChI=1S/C21H25N5O3/c1-12-10-20-22-13(2)17(14(3)26(20)25-12)7-9-21(28)24-16-6-8-19(29-5)18(11-16)23-15(4)27/h6,8,10-11H,7,9H2,1-5H3,(H,23,27)(H,24,28). The summed E-state index contributed by atoms with van der Waals surface area (Å²) in [7, 11) is 1.52. The summed E-state index contributed by atoms with van der Waals surface area (Å²) in [6.45, 7) is 7.29. The van der Waals surface area contributed by atoms with Crippen LogP contribution in [-0.4, -0.2) is 33.5 Å². The van der Waals surface area contributed by atoms with Gasteiger partial charge in [0.25, 0.3) is 0 Å². The molecule has 0 bridgehead atoms. The van der Waals surface area contributed by atoms with E-state index in [1.54, 1.807) is 18.2 Å². The number of methoxy groups -OCH3 is 1. The first-order chi connectivity index (χ1) is 13.8. The maximum Gasteiger partial charge on any atom is 0.224 e. The summed E-state index contributed by atoms with van der Waals surface area (Å²) in [6.07, 6.45) is 0.858. The number of benzene rings is 1. The highest BCUT2D eigenvalue weighted by Gasteiger charge is 2.14. The molecule has 8 heteroatoms. The van der Waals surface area contributed by atoms with Crippen molar-refractivity contribution in [3.8, 4) is 5.75 Å². The van der Waals surface area contributed by atoms with Crippen molar-refractivity contribution in [2.45, 2.75) is 40.5 Å². The van der Waals surface area contributed by atoms with Gasteiger partial charge in [-0.1, -0.05) is 0 Å². The summed E-state index contributed by atoms with van der Waals surface area (Å²) in [5, 5.41) is 10.0. The topological polar surface area (TPSA) is 97.6 Å². The Labute approximate surface area is 169 Å². The summed E-state index contributed by atoms with van der Waals surface area (Å²) in [4.78, 5) is 28.4. The zero-order chi connectivity index (χ0) is 21.1. The highest BCUT2D eigenvalue weighted by Crippen LogP contribution is 2.28. The van der Waals surface area contributed by atoms with Crippen LogP contribution in [-0.2, 0) is 16.0 Å². The summed E-state index contributed by atoms with van der Waals surface area (Å²) in [6, 6.07) is 7.05. The van der Waals surface area contributed by atoms with Crippen molar-refractivity contribution in [2.24, 2.45) is 0 Å². The fourth-order valence-corrected chi connectivity index (χ4v) is 3.34.